The van der Waals surface area contributed by atoms with Gasteiger partial charge in [0.25, 0.3) is 0 Å². The average molecular weight is 577 g/mol. The molecule has 172 valence electrons. The first-order valence-corrected chi connectivity index (χ1v) is 12.5. The molecule has 6 nitrogen and oxygen atoms in total. The van der Waals surface area contributed by atoms with Crippen molar-refractivity contribution in [3.63, 3.8) is 0 Å². The third kappa shape index (κ3) is 4.53. The van der Waals surface area contributed by atoms with E-state index in [0.717, 1.165) is 15.9 Å². The molecule has 0 fully saturated rings. The summed E-state index contributed by atoms with van der Waals surface area (Å²) in [4.78, 5) is 40.0. The van der Waals surface area contributed by atoms with Gasteiger partial charge in [-0.15, -0.1) is 6.42 Å². The van der Waals surface area contributed by atoms with Crippen molar-refractivity contribution in [2.75, 3.05) is 13.2 Å². The van der Waals surface area contributed by atoms with Crippen LogP contribution in [0.1, 0.15) is 56.4 Å². The molecule has 1 aromatic carbocycles. The number of carbonyl (C=O) groups is 3. The number of terminal acetylenes is 1. The van der Waals surface area contributed by atoms with E-state index in [2.05, 4.69) is 37.8 Å². The lowest BCUT2D eigenvalue weighted by Gasteiger charge is -2.44. The lowest BCUT2D eigenvalue weighted by Crippen LogP contribution is -2.40. The number of ether oxygens (including phenoxy) is 1. The van der Waals surface area contributed by atoms with E-state index in [0.29, 0.717) is 65.5 Å². The summed E-state index contributed by atoms with van der Waals surface area (Å²) in [6.45, 7) is 0.285. The summed E-state index contributed by atoms with van der Waals surface area (Å²) in [6.07, 6.45) is 8.89. The quantitative estimate of drug-likeness (QED) is 0.474. The molecule has 0 saturated carbocycles. The fourth-order valence-corrected chi connectivity index (χ4v) is 6.44. The molecule has 0 unspecified atom stereocenters. The zero-order valence-corrected chi connectivity index (χ0v) is 21.1. The van der Waals surface area contributed by atoms with E-state index in [1.165, 1.54) is 0 Å². The van der Waals surface area contributed by atoms with Gasteiger partial charge < -0.3 is 14.7 Å². The Bertz CT molecular complexity index is 1100. The number of carboxylic acid groups (broad SMARTS) is 1. The number of allylic oxidation sites excluding steroid dienone is 4. The van der Waals surface area contributed by atoms with Crippen molar-refractivity contribution in [1.29, 1.82) is 0 Å². The third-order valence-corrected chi connectivity index (χ3v) is 7.33. The highest BCUT2D eigenvalue weighted by Gasteiger charge is 2.44. The second-order valence-electron chi connectivity index (χ2n) is 8.30. The summed E-state index contributed by atoms with van der Waals surface area (Å²) in [5, 5.41) is 9.31. The summed E-state index contributed by atoms with van der Waals surface area (Å²) in [7, 11) is 0. The number of benzene rings is 1. The summed E-state index contributed by atoms with van der Waals surface area (Å²) < 4.78 is 7.35. The summed E-state index contributed by atoms with van der Waals surface area (Å²) in [5.41, 5.74) is 3.54. The van der Waals surface area contributed by atoms with Crippen molar-refractivity contribution < 1.29 is 24.2 Å². The summed E-state index contributed by atoms with van der Waals surface area (Å²) in [5.74, 6) is 1.49. The fraction of sp³-hybridized carbons (Fsp3) is 0.400. The van der Waals surface area contributed by atoms with E-state index in [4.69, 9.17) is 11.2 Å². The van der Waals surface area contributed by atoms with Gasteiger partial charge in [0.15, 0.2) is 11.6 Å². The first-order chi connectivity index (χ1) is 15.8. The molecule has 0 amide bonds. The molecule has 2 aliphatic carbocycles. The lowest BCUT2D eigenvalue weighted by atomic mass is 9.70. The van der Waals surface area contributed by atoms with Crippen LogP contribution in [0, 0.1) is 12.3 Å². The Kier molecular flexibility index (Phi) is 7.10. The van der Waals surface area contributed by atoms with E-state index in [1.54, 1.807) is 0 Å². The number of nitrogens with zero attached hydrogens (tertiary/aromatic N) is 1. The normalized spacial score (nSPS) is 18.8. The van der Waals surface area contributed by atoms with Crippen molar-refractivity contribution >= 4 is 49.4 Å². The molecule has 1 N–H and O–H groups in total. The van der Waals surface area contributed by atoms with Crippen LogP contribution in [-0.4, -0.2) is 40.7 Å². The number of rotatable bonds is 6. The maximum absolute atomic E-state index is 13.3. The number of ketones is 2. The Labute approximate surface area is 209 Å². The zero-order chi connectivity index (χ0) is 23.7. The minimum atomic E-state index is -0.911. The van der Waals surface area contributed by atoms with E-state index in [9.17, 15) is 19.5 Å². The molecular formula is C25H23Br2NO5. The van der Waals surface area contributed by atoms with Crippen LogP contribution in [0.2, 0.25) is 0 Å². The molecule has 1 aromatic rings. The van der Waals surface area contributed by atoms with Crippen molar-refractivity contribution in [1.82, 2.24) is 4.90 Å². The molecule has 8 heteroatoms. The molecule has 33 heavy (non-hydrogen) atoms. The standard InChI is InChI=1S/C25H23Br2NO5/c1-2-11-33-25-15(12-14(26)13-16(25)27)22-23-17(5-3-7-19(23)29)28(10-9-21(31)32)18-6-4-8-20(30)24(18)22/h1,12-13,22H,3-11H2,(H,31,32). The number of carboxylic acids is 1. The van der Waals surface area contributed by atoms with Crippen molar-refractivity contribution in [3.8, 4) is 18.1 Å². The molecule has 0 saturated heterocycles. The van der Waals surface area contributed by atoms with Gasteiger partial charge in [-0.05, 0) is 53.7 Å². The summed E-state index contributed by atoms with van der Waals surface area (Å²) in [6, 6.07) is 3.72. The molecular weight excluding hydrogens is 554 g/mol. The fourth-order valence-electron chi connectivity index (χ4n) is 5.07. The molecule has 1 heterocycles. The van der Waals surface area contributed by atoms with E-state index in [-0.39, 0.29) is 31.1 Å². The largest absolute Gasteiger partial charge is 0.481 e. The van der Waals surface area contributed by atoms with Gasteiger partial charge in [0.2, 0.25) is 0 Å². The van der Waals surface area contributed by atoms with Crippen molar-refractivity contribution in [3.05, 3.63) is 49.2 Å². The lowest BCUT2D eigenvalue weighted by molar-refractivity contribution is -0.137. The number of hydrogen-bond acceptors (Lipinski definition) is 5. The Morgan fingerprint density at radius 1 is 1.09 bits per heavy atom. The van der Waals surface area contributed by atoms with Gasteiger partial charge in [-0.1, -0.05) is 21.9 Å². The van der Waals surface area contributed by atoms with Crippen LogP contribution in [0.15, 0.2) is 43.6 Å². The van der Waals surface area contributed by atoms with Crippen LogP contribution in [-0.2, 0) is 14.4 Å². The highest BCUT2D eigenvalue weighted by molar-refractivity contribution is 9.11. The first-order valence-electron chi connectivity index (χ1n) is 10.9. The maximum atomic E-state index is 13.3. The zero-order valence-electron chi connectivity index (χ0n) is 18.0. The maximum Gasteiger partial charge on any atom is 0.305 e. The second-order valence-corrected chi connectivity index (χ2v) is 10.1. The number of hydrogen-bond donors (Lipinski definition) is 1. The molecule has 4 rings (SSSR count). The van der Waals surface area contributed by atoms with Crippen LogP contribution >= 0.6 is 31.9 Å². The van der Waals surface area contributed by atoms with Gasteiger partial charge in [-0.25, -0.2) is 0 Å². The number of halogens is 2. The van der Waals surface area contributed by atoms with Crippen LogP contribution < -0.4 is 4.74 Å². The third-order valence-electron chi connectivity index (χ3n) is 6.28. The molecule has 0 radical (unpaired) electrons. The molecule has 0 aromatic heterocycles. The Morgan fingerprint density at radius 3 is 2.24 bits per heavy atom. The first kappa shape index (κ1) is 23.8. The minimum absolute atomic E-state index is 0.00880. The van der Waals surface area contributed by atoms with Crippen molar-refractivity contribution in [2.24, 2.45) is 0 Å². The van der Waals surface area contributed by atoms with Gasteiger partial charge in [0.1, 0.15) is 12.4 Å². The van der Waals surface area contributed by atoms with Gasteiger partial charge in [0.05, 0.1) is 10.9 Å². The Balaban J connectivity index is 1.97. The minimum Gasteiger partial charge on any atom is -0.481 e. The van der Waals surface area contributed by atoms with Crippen molar-refractivity contribution in [2.45, 2.75) is 50.9 Å². The van der Waals surface area contributed by atoms with Gasteiger partial charge in [-0.3, -0.25) is 14.4 Å². The Hall–Kier alpha value is -2.37. The topological polar surface area (TPSA) is 83.9 Å². The van der Waals surface area contributed by atoms with Crippen LogP contribution in [0.4, 0.5) is 0 Å². The van der Waals surface area contributed by atoms with Crippen LogP contribution in [0.25, 0.3) is 0 Å². The number of aliphatic carboxylic acids is 1. The number of carbonyl (C=O) groups excluding carboxylic acids is 2. The van der Waals surface area contributed by atoms with Gasteiger partial charge >= 0.3 is 5.97 Å². The van der Waals surface area contributed by atoms with E-state index >= 15 is 0 Å². The molecule has 0 atom stereocenters. The average Bonchev–Trinajstić information content (AvgIpc) is 2.76. The van der Waals surface area contributed by atoms with Crippen LogP contribution in [0.5, 0.6) is 5.75 Å². The van der Waals surface area contributed by atoms with Crippen LogP contribution in [0.3, 0.4) is 0 Å². The second kappa shape index (κ2) is 9.86. The van der Waals surface area contributed by atoms with Gasteiger partial charge in [0, 0.05) is 57.9 Å². The highest BCUT2D eigenvalue weighted by Crippen LogP contribution is 2.52. The molecule has 1 aliphatic heterocycles. The predicted molar refractivity (Wildman–Crippen MR) is 130 cm³/mol. The van der Waals surface area contributed by atoms with E-state index in [1.807, 2.05) is 17.0 Å². The van der Waals surface area contributed by atoms with E-state index < -0.39 is 11.9 Å². The Morgan fingerprint density at radius 2 is 1.70 bits per heavy atom. The smallest absolute Gasteiger partial charge is 0.305 e. The molecule has 3 aliphatic rings. The highest BCUT2D eigenvalue weighted by atomic mass is 79.9. The predicted octanol–water partition coefficient (Wildman–Crippen LogP) is 5.11. The summed E-state index contributed by atoms with van der Waals surface area (Å²) >= 11 is 7.09. The molecule has 0 spiro atoms. The number of Topliss-reactive ketones (excluding diaryl/α,β-unsaturated/α-hetero) is 2. The SMILES string of the molecule is C#CCOc1c(Br)cc(Br)cc1C1C2=C(CCCC2=O)N(CCC(=O)O)C2=C1C(=O)CCC2. The monoisotopic (exact) mass is 575 g/mol. The molecule has 0 bridgehead atoms. The van der Waals surface area contributed by atoms with Gasteiger partial charge in [-0.2, -0.15) is 0 Å².